The smallest absolute Gasteiger partial charge is 0.269 e. The number of aryl methyl sites for hydroxylation is 1. The number of hydrogen-bond donors (Lipinski definition) is 0. The fraction of sp³-hybridized carbons (Fsp3) is 0.190. The van der Waals surface area contributed by atoms with Gasteiger partial charge in [-0.25, -0.2) is 12.7 Å². The lowest BCUT2D eigenvalue weighted by molar-refractivity contribution is 0.0876. The van der Waals surface area contributed by atoms with Crippen molar-refractivity contribution in [1.82, 2.24) is 19.1 Å². The van der Waals surface area contributed by atoms with Crippen LogP contribution in [0.15, 0.2) is 71.2 Å². The number of hydrogen-bond acceptors (Lipinski definition) is 6. The SMILES string of the molecule is C=CCn1c(SCCN2C(=O)c3ccccc3S2(=O)=O)nnc1-c1cccc(C)c1. The molecule has 0 unspecified atom stereocenters. The summed E-state index contributed by atoms with van der Waals surface area (Å²) in [7, 11) is -3.80. The lowest BCUT2D eigenvalue weighted by atomic mass is 10.1. The van der Waals surface area contributed by atoms with E-state index in [1.807, 2.05) is 35.8 Å². The fourth-order valence-electron chi connectivity index (χ4n) is 3.36. The van der Waals surface area contributed by atoms with Gasteiger partial charge in [-0.3, -0.25) is 9.36 Å². The van der Waals surface area contributed by atoms with E-state index in [0.717, 1.165) is 21.3 Å². The Labute approximate surface area is 179 Å². The molecule has 154 valence electrons. The molecule has 1 amide bonds. The standard InChI is InChI=1S/C21H20N4O3S2/c1-3-11-24-19(16-8-6-7-15(2)14-16)22-23-21(24)29-13-12-25-20(26)17-9-4-5-10-18(17)30(25,27)28/h3-10,14H,1,11-13H2,2H3. The molecule has 0 aliphatic carbocycles. The zero-order valence-electron chi connectivity index (χ0n) is 16.4. The molecule has 0 spiro atoms. The maximum atomic E-state index is 12.7. The highest BCUT2D eigenvalue weighted by molar-refractivity contribution is 7.99. The lowest BCUT2D eigenvalue weighted by Crippen LogP contribution is -2.32. The lowest BCUT2D eigenvalue weighted by Gasteiger charge is -2.14. The van der Waals surface area contributed by atoms with Gasteiger partial charge in [-0.05, 0) is 25.1 Å². The second-order valence-corrected chi connectivity index (χ2v) is 9.69. The molecule has 3 aromatic rings. The average molecular weight is 441 g/mol. The van der Waals surface area contributed by atoms with Crippen molar-refractivity contribution in [2.75, 3.05) is 12.3 Å². The molecule has 0 bridgehead atoms. The first-order chi connectivity index (χ1) is 14.4. The Morgan fingerprint density at radius 2 is 1.93 bits per heavy atom. The van der Waals surface area contributed by atoms with Gasteiger partial charge in [0, 0.05) is 24.4 Å². The largest absolute Gasteiger partial charge is 0.298 e. The number of sulfonamides is 1. The summed E-state index contributed by atoms with van der Waals surface area (Å²) in [5, 5.41) is 9.24. The predicted octanol–water partition coefficient (Wildman–Crippen LogP) is 3.38. The summed E-state index contributed by atoms with van der Waals surface area (Å²) in [6.07, 6.45) is 1.76. The molecule has 9 heteroatoms. The van der Waals surface area contributed by atoms with Crippen LogP contribution in [0.5, 0.6) is 0 Å². The van der Waals surface area contributed by atoms with E-state index in [4.69, 9.17) is 0 Å². The van der Waals surface area contributed by atoms with Crippen LogP contribution in [0.1, 0.15) is 15.9 Å². The van der Waals surface area contributed by atoms with Gasteiger partial charge in [0.05, 0.1) is 5.56 Å². The molecule has 1 aliphatic rings. The maximum absolute atomic E-state index is 12.7. The van der Waals surface area contributed by atoms with Crippen LogP contribution in [0.3, 0.4) is 0 Å². The van der Waals surface area contributed by atoms with Crippen molar-refractivity contribution < 1.29 is 13.2 Å². The van der Waals surface area contributed by atoms with Gasteiger partial charge in [-0.2, -0.15) is 0 Å². The van der Waals surface area contributed by atoms with Crippen molar-refractivity contribution in [2.45, 2.75) is 23.5 Å². The molecule has 1 aliphatic heterocycles. The number of thioether (sulfide) groups is 1. The number of rotatable bonds is 7. The number of benzene rings is 2. The second-order valence-electron chi connectivity index (χ2n) is 6.80. The summed E-state index contributed by atoms with van der Waals surface area (Å²) in [4.78, 5) is 12.6. The summed E-state index contributed by atoms with van der Waals surface area (Å²) in [6.45, 7) is 6.39. The van der Waals surface area contributed by atoms with E-state index < -0.39 is 15.9 Å². The van der Waals surface area contributed by atoms with Gasteiger partial charge in [0.15, 0.2) is 11.0 Å². The zero-order chi connectivity index (χ0) is 21.3. The van der Waals surface area contributed by atoms with Crippen molar-refractivity contribution in [3.8, 4) is 11.4 Å². The highest BCUT2D eigenvalue weighted by atomic mass is 32.2. The quantitative estimate of drug-likeness (QED) is 0.414. The summed E-state index contributed by atoms with van der Waals surface area (Å²) < 4.78 is 28.2. The molecule has 4 rings (SSSR count). The zero-order valence-corrected chi connectivity index (χ0v) is 18.0. The molecular weight excluding hydrogens is 420 g/mol. The molecule has 2 aromatic carbocycles. The van der Waals surface area contributed by atoms with E-state index in [9.17, 15) is 13.2 Å². The molecule has 0 N–H and O–H groups in total. The summed E-state index contributed by atoms with van der Waals surface area (Å²) >= 11 is 1.36. The van der Waals surface area contributed by atoms with Crippen LogP contribution >= 0.6 is 11.8 Å². The van der Waals surface area contributed by atoms with Crippen LogP contribution < -0.4 is 0 Å². The molecule has 0 saturated carbocycles. The van der Waals surface area contributed by atoms with E-state index in [1.54, 1.807) is 18.2 Å². The van der Waals surface area contributed by atoms with Gasteiger partial charge in [0.2, 0.25) is 0 Å². The van der Waals surface area contributed by atoms with Crippen molar-refractivity contribution in [1.29, 1.82) is 0 Å². The second kappa shape index (κ2) is 8.08. The number of nitrogens with zero attached hydrogens (tertiary/aromatic N) is 4. The number of carbonyl (C=O) groups excluding carboxylic acids is 1. The Morgan fingerprint density at radius 3 is 2.67 bits per heavy atom. The molecule has 0 fully saturated rings. The van der Waals surface area contributed by atoms with Crippen molar-refractivity contribution in [2.24, 2.45) is 0 Å². The molecule has 2 heterocycles. The van der Waals surface area contributed by atoms with Crippen LogP contribution in [0.2, 0.25) is 0 Å². The van der Waals surface area contributed by atoms with E-state index in [2.05, 4.69) is 16.8 Å². The average Bonchev–Trinajstić information content (AvgIpc) is 3.21. The van der Waals surface area contributed by atoms with Crippen molar-refractivity contribution >= 4 is 27.7 Å². The normalized spacial score (nSPS) is 14.7. The fourth-order valence-corrected chi connectivity index (χ4v) is 5.92. The predicted molar refractivity (Wildman–Crippen MR) is 116 cm³/mol. The summed E-state index contributed by atoms with van der Waals surface area (Å²) in [6, 6.07) is 14.3. The highest BCUT2D eigenvalue weighted by Crippen LogP contribution is 2.31. The number of carbonyl (C=O) groups is 1. The number of allylic oxidation sites excluding steroid dienone is 1. The third-order valence-corrected chi connectivity index (χ3v) is 7.53. The van der Waals surface area contributed by atoms with Crippen LogP contribution in [0.25, 0.3) is 11.4 Å². The first kappa shape index (κ1) is 20.4. The van der Waals surface area contributed by atoms with E-state index in [-0.39, 0.29) is 17.0 Å². The van der Waals surface area contributed by atoms with E-state index in [1.165, 1.54) is 23.9 Å². The number of amides is 1. The Kier molecular flexibility index (Phi) is 5.48. The minimum Gasteiger partial charge on any atom is -0.298 e. The van der Waals surface area contributed by atoms with E-state index >= 15 is 0 Å². The third kappa shape index (κ3) is 3.54. The van der Waals surface area contributed by atoms with Crippen LogP contribution in [0, 0.1) is 6.92 Å². The first-order valence-electron chi connectivity index (χ1n) is 9.33. The Balaban J connectivity index is 1.53. The molecule has 0 atom stereocenters. The Hall–Kier alpha value is -2.91. The Morgan fingerprint density at radius 1 is 1.13 bits per heavy atom. The van der Waals surface area contributed by atoms with Crippen molar-refractivity contribution in [3.63, 3.8) is 0 Å². The van der Waals surface area contributed by atoms with Gasteiger partial charge in [-0.15, -0.1) is 16.8 Å². The third-order valence-electron chi connectivity index (χ3n) is 4.74. The van der Waals surface area contributed by atoms with Gasteiger partial charge >= 0.3 is 0 Å². The highest BCUT2D eigenvalue weighted by Gasteiger charge is 2.40. The van der Waals surface area contributed by atoms with Gasteiger partial charge < -0.3 is 0 Å². The topological polar surface area (TPSA) is 85.2 Å². The Bertz CT molecular complexity index is 1230. The number of aromatic nitrogens is 3. The first-order valence-corrected chi connectivity index (χ1v) is 11.8. The van der Waals surface area contributed by atoms with Gasteiger partial charge in [-0.1, -0.05) is 53.7 Å². The van der Waals surface area contributed by atoms with Gasteiger partial charge in [0.25, 0.3) is 15.9 Å². The monoisotopic (exact) mass is 440 g/mol. The molecule has 0 radical (unpaired) electrons. The molecule has 1 aromatic heterocycles. The number of fused-ring (bicyclic) bond motifs is 1. The van der Waals surface area contributed by atoms with Crippen LogP contribution in [0.4, 0.5) is 0 Å². The molecule has 30 heavy (non-hydrogen) atoms. The molecular formula is C21H20N4O3S2. The van der Waals surface area contributed by atoms with Crippen LogP contribution in [-0.2, 0) is 16.6 Å². The van der Waals surface area contributed by atoms with Gasteiger partial charge in [0.1, 0.15) is 4.90 Å². The summed E-state index contributed by atoms with van der Waals surface area (Å²) in [5.74, 6) is 0.597. The van der Waals surface area contributed by atoms with E-state index in [0.29, 0.717) is 17.5 Å². The summed E-state index contributed by atoms with van der Waals surface area (Å²) in [5.41, 5.74) is 2.29. The van der Waals surface area contributed by atoms with Crippen LogP contribution in [-0.4, -0.2) is 45.7 Å². The maximum Gasteiger partial charge on any atom is 0.269 e. The molecule has 7 nitrogen and oxygen atoms in total. The minimum atomic E-state index is -3.80. The van der Waals surface area contributed by atoms with Crippen molar-refractivity contribution in [3.05, 3.63) is 72.3 Å². The molecule has 0 saturated heterocycles. The minimum absolute atomic E-state index is 0.0568.